The molecule has 0 atom stereocenters. The van der Waals surface area contributed by atoms with Gasteiger partial charge in [-0.05, 0) is 42.8 Å². The van der Waals surface area contributed by atoms with Gasteiger partial charge in [0.2, 0.25) is 0 Å². The first-order chi connectivity index (χ1) is 20.3. The van der Waals surface area contributed by atoms with Crippen LogP contribution in [0.25, 0.3) is 11.0 Å². The number of carbonyl (C=O) groups is 1. The molecular weight excluding hydrogens is 562 g/mol. The van der Waals surface area contributed by atoms with E-state index in [0.29, 0.717) is 59.0 Å². The number of nitrogens with one attached hydrogen (secondary N) is 2. The Morgan fingerprint density at radius 2 is 1.67 bits per heavy atom. The molecular formula is C29H31N5O7S. The highest BCUT2D eigenvalue weighted by Crippen LogP contribution is 2.42. The largest absolute Gasteiger partial charge is 0.497 e. The summed E-state index contributed by atoms with van der Waals surface area (Å²) in [7, 11) is -1.15. The highest BCUT2D eigenvalue weighted by Gasteiger charge is 2.24. The van der Waals surface area contributed by atoms with Crippen molar-refractivity contribution < 1.29 is 32.5 Å². The second-order valence-electron chi connectivity index (χ2n) is 9.44. The van der Waals surface area contributed by atoms with Crippen molar-refractivity contribution in [3.8, 4) is 17.2 Å². The van der Waals surface area contributed by atoms with Crippen molar-refractivity contribution in [1.29, 1.82) is 0 Å². The van der Waals surface area contributed by atoms with E-state index in [9.17, 15) is 18.3 Å². The second-order valence-corrected chi connectivity index (χ2v) is 11.1. The highest BCUT2D eigenvalue weighted by atomic mass is 32.2. The van der Waals surface area contributed by atoms with Crippen molar-refractivity contribution in [1.82, 2.24) is 14.9 Å². The second kappa shape index (κ2) is 12.5. The van der Waals surface area contributed by atoms with Crippen molar-refractivity contribution in [3.05, 3.63) is 66.2 Å². The van der Waals surface area contributed by atoms with Crippen molar-refractivity contribution in [2.75, 3.05) is 50.6 Å². The van der Waals surface area contributed by atoms with Crippen LogP contribution in [0.3, 0.4) is 0 Å². The predicted molar refractivity (Wildman–Crippen MR) is 157 cm³/mol. The van der Waals surface area contributed by atoms with E-state index in [4.69, 9.17) is 14.2 Å². The summed E-state index contributed by atoms with van der Waals surface area (Å²) >= 11 is 0. The van der Waals surface area contributed by atoms with E-state index < -0.39 is 10.0 Å². The van der Waals surface area contributed by atoms with E-state index in [1.807, 2.05) is 0 Å². The van der Waals surface area contributed by atoms with Crippen molar-refractivity contribution in [3.63, 3.8) is 0 Å². The number of benzene rings is 3. The number of carbonyl (C=O) groups excluding carboxylic acids is 1. The van der Waals surface area contributed by atoms with Crippen LogP contribution in [-0.4, -0.2) is 74.8 Å². The molecule has 0 saturated carbocycles. The van der Waals surface area contributed by atoms with Crippen LogP contribution in [0.5, 0.6) is 17.2 Å². The maximum Gasteiger partial charge on any atom is 0.263 e. The van der Waals surface area contributed by atoms with Gasteiger partial charge in [0.1, 0.15) is 5.75 Å². The van der Waals surface area contributed by atoms with Gasteiger partial charge in [0, 0.05) is 43.8 Å². The van der Waals surface area contributed by atoms with E-state index in [1.165, 1.54) is 38.5 Å². The van der Waals surface area contributed by atoms with Crippen LogP contribution < -0.4 is 24.2 Å². The van der Waals surface area contributed by atoms with Gasteiger partial charge in [-0.15, -0.1) is 0 Å². The predicted octanol–water partition coefficient (Wildman–Crippen LogP) is 3.80. The Hall–Kier alpha value is -4.62. The first-order valence-electron chi connectivity index (χ1n) is 13.3. The molecule has 12 nitrogen and oxygen atoms in total. The van der Waals surface area contributed by atoms with Crippen molar-refractivity contribution in [2.24, 2.45) is 0 Å². The Kier molecular flexibility index (Phi) is 8.59. The number of rotatable bonds is 12. The van der Waals surface area contributed by atoms with Crippen LogP contribution in [0.4, 0.5) is 17.3 Å². The topological polar surface area (TPSA) is 152 Å². The maximum atomic E-state index is 13.5. The fraction of sp³-hybridized carbons (Fsp3) is 0.276. The van der Waals surface area contributed by atoms with Gasteiger partial charge in [0.15, 0.2) is 23.1 Å². The van der Waals surface area contributed by atoms with E-state index >= 15 is 0 Å². The molecule has 3 N–H and O–H groups in total. The van der Waals surface area contributed by atoms with Gasteiger partial charge < -0.3 is 29.5 Å². The third-order valence-corrected chi connectivity index (χ3v) is 8.00. The number of sulfonamides is 1. The monoisotopic (exact) mass is 593 g/mol. The third kappa shape index (κ3) is 6.16. The number of fused-ring (bicyclic) bond motifs is 1. The molecule has 1 aliphatic heterocycles. The SMILES string of the molecule is COc1cc(Nc2nc3ccccc3nc2NS(=O)(=O)c2ccc(C(=O)N3CCC3)cc2)c(OCCCO)c(OC)c1. The number of likely N-dealkylation sites (tertiary alicyclic amines) is 1. The van der Waals surface area contributed by atoms with Crippen LogP contribution in [0.15, 0.2) is 65.6 Å². The Labute approximate surface area is 243 Å². The van der Waals surface area contributed by atoms with Gasteiger partial charge in [0.25, 0.3) is 15.9 Å². The molecule has 5 rings (SSSR count). The van der Waals surface area contributed by atoms with Gasteiger partial charge in [-0.2, -0.15) is 0 Å². The summed E-state index contributed by atoms with van der Waals surface area (Å²) in [6.45, 7) is 1.54. The molecule has 4 aromatic rings. The zero-order valence-electron chi connectivity index (χ0n) is 23.2. The van der Waals surface area contributed by atoms with Gasteiger partial charge in [-0.3, -0.25) is 9.52 Å². The summed E-state index contributed by atoms with van der Waals surface area (Å²) in [5, 5.41) is 12.4. The lowest BCUT2D eigenvalue weighted by Gasteiger charge is -2.30. The summed E-state index contributed by atoms with van der Waals surface area (Å²) < 4.78 is 46.3. The molecule has 0 spiro atoms. The number of ether oxygens (including phenoxy) is 3. The van der Waals surface area contributed by atoms with E-state index in [2.05, 4.69) is 20.0 Å². The molecule has 1 aliphatic rings. The third-order valence-electron chi connectivity index (χ3n) is 6.64. The summed E-state index contributed by atoms with van der Waals surface area (Å²) in [6, 6.07) is 16.1. The fourth-order valence-corrected chi connectivity index (χ4v) is 5.29. The molecule has 0 aliphatic carbocycles. The summed E-state index contributed by atoms with van der Waals surface area (Å²) in [6.07, 6.45) is 1.35. The number of aliphatic hydroxyl groups is 1. The average Bonchev–Trinajstić information content (AvgIpc) is 2.97. The summed E-state index contributed by atoms with van der Waals surface area (Å²) in [4.78, 5) is 23.4. The van der Waals surface area contributed by atoms with Crippen LogP contribution in [-0.2, 0) is 10.0 Å². The molecule has 2 heterocycles. The number of hydrogen-bond acceptors (Lipinski definition) is 10. The van der Waals surface area contributed by atoms with Gasteiger partial charge in [-0.1, -0.05) is 12.1 Å². The lowest BCUT2D eigenvalue weighted by Crippen LogP contribution is -2.42. The highest BCUT2D eigenvalue weighted by molar-refractivity contribution is 7.92. The average molecular weight is 594 g/mol. The molecule has 3 aromatic carbocycles. The molecule has 13 heteroatoms. The quantitative estimate of drug-likeness (QED) is 0.207. The number of aliphatic hydroxyl groups excluding tert-OH is 1. The molecule has 0 unspecified atom stereocenters. The number of para-hydroxylation sites is 2. The molecule has 0 radical (unpaired) electrons. The molecule has 0 bridgehead atoms. The zero-order chi connectivity index (χ0) is 29.7. The van der Waals surface area contributed by atoms with E-state index in [-0.39, 0.29) is 35.7 Å². The normalized spacial score (nSPS) is 12.9. The van der Waals surface area contributed by atoms with Gasteiger partial charge >= 0.3 is 0 Å². The number of hydrogen-bond donors (Lipinski definition) is 3. The van der Waals surface area contributed by atoms with E-state index in [0.717, 1.165) is 6.42 Å². The van der Waals surface area contributed by atoms with Gasteiger partial charge in [-0.25, -0.2) is 18.4 Å². The van der Waals surface area contributed by atoms with Gasteiger partial charge in [0.05, 0.1) is 42.4 Å². The molecule has 1 amide bonds. The lowest BCUT2D eigenvalue weighted by atomic mass is 10.1. The van der Waals surface area contributed by atoms with E-state index in [1.54, 1.807) is 41.3 Å². The van der Waals surface area contributed by atoms with Crippen LogP contribution in [0.1, 0.15) is 23.2 Å². The standard InChI is InChI=1S/C29H31N5O7S/c1-39-20-17-24(26(25(18-20)40-2)41-16-6-15-35)32-27-28(31-23-8-4-3-7-22(23)30-27)33-42(37,38)21-11-9-19(10-12-21)29(36)34-13-5-14-34/h3-4,7-12,17-18,35H,5-6,13-16H2,1-2H3,(H,30,32)(H,31,33). The minimum atomic E-state index is -4.13. The Morgan fingerprint density at radius 1 is 0.976 bits per heavy atom. The molecule has 1 fully saturated rings. The molecule has 1 saturated heterocycles. The molecule has 220 valence electrons. The first-order valence-corrected chi connectivity index (χ1v) is 14.8. The number of amides is 1. The van der Waals surface area contributed by atoms with Crippen molar-refractivity contribution >= 4 is 44.3 Å². The minimum Gasteiger partial charge on any atom is -0.497 e. The Bertz CT molecular complexity index is 1690. The number of aromatic nitrogens is 2. The smallest absolute Gasteiger partial charge is 0.263 e. The lowest BCUT2D eigenvalue weighted by molar-refractivity contribution is 0.0651. The molecule has 42 heavy (non-hydrogen) atoms. The summed E-state index contributed by atoms with van der Waals surface area (Å²) in [5.74, 6) is 1.04. The number of nitrogens with zero attached hydrogens (tertiary/aromatic N) is 3. The Morgan fingerprint density at radius 3 is 2.26 bits per heavy atom. The minimum absolute atomic E-state index is 0.0420. The molecule has 1 aromatic heterocycles. The number of methoxy groups -OCH3 is 2. The Balaban J connectivity index is 1.51. The fourth-order valence-electron chi connectivity index (χ4n) is 4.28. The summed E-state index contributed by atoms with van der Waals surface area (Å²) in [5.41, 5.74) is 1.79. The van der Waals surface area contributed by atoms with Crippen LogP contribution >= 0.6 is 0 Å². The number of anilines is 3. The van der Waals surface area contributed by atoms with Crippen molar-refractivity contribution in [2.45, 2.75) is 17.7 Å². The maximum absolute atomic E-state index is 13.5. The zero-order valence-corrected chi connectivity index (χ0v) is 24.0. The van der Waals surface area contributed by atoms with Crippen LogP contribution in [0, 0.1) is 0 Å². The first kappa shape index (κ1) is 28.9. The van der Waals surface area contributed by atoms with Crippen LogP contribution in [0.2, 0.25) is 0 Å².